The van der Waals surface area contributed by atoms with Gasteiger partial charge in [0, 0.05) is 19.2 Å². The minimum atomic E-state index is -3.55. The number of aromatic amines is 1. The van der Waals surface area contributed by atoms with E-state index in [9.17, 15) is 8.42 Å². The highest BCUT2D eigenvalue weighted by Crippen LogP contribution is 2.09. The molecule has 20 heavy (non-hydrogen) atoms. The number of aryl methyl sites for hydroxylation is 2. The number of H-pyrrole nitrogens is 1. The van der Waals surface area contributed by atoms with Gasteiger partial charge in [-0.25, -0.2) is 18.1 Å². The monoisotopic (exact) mass is 297 g/mol. The van der Waals surface area contributed by atoms with Crippen molar-refractivity contribution >= 4 is 10.0 Å². The highest BCUT2D eigenvalue weighted by Gasteiger charge is 2.18. The molecule has 7 nitrogen and oxygen atoms in total. The Kier molecular flexibility index (Phi) is 4.24. The van der Waals surface area contributed by atoms with Gasteiger partial charge in [0.1, 0.15) is 5.82 Å². The average Bonchev–Trinajstić information content (AvgIpc) is 3.04. The molecule has 0 saturated carbocycles. The molecule has 2 N–H and O–H groups in total. The lowest BCUT2D eigenvalue weighted by Gasteiger charge is -2.12. The third-order valence-corrected chi connectivity index (χ3v) is 4.31. The summed E-state index contributed by atoms with van der Waals surface area (Å²) in [5, 5.41) is 4.26. The molecular formula is C12H19N5O2S. The molecule has 0 aromatic carbocycles. The normalized spacial score (nSPS) is 13.6. The zero-order valence-electron chi connectivity index (χ0n) is 11.8. The molecule has 0 aliphatic heterocycles. The van der Waals surface area contributed by atoms with Crippen molar-refractivity contribution in [2.75, 3.05) is 6.54 Å². The molecule has 0 bridgehead atoms. The van der Waals surface area contributed by atoms with Gasteiger partial charge in [-0.2, -0.15) is 5.10 Å². The number of rotatable bonds is 6. The Morgan fingerprint density at radius 2 is 2.20 bits per heavy atom. The summed E-state index contributed by atoms with van der Waals surface area (Å²) in [5.74, 6) is 0.654. The fourth-order valence-electron chi connectivity index (χ4n) is 1.74. The summed E-state index contributed by atoms with van der Waals surface area (Å²) < 4.78 is 28.5. The largest absolute Gasteiger partial charge is 0.332 e. The van der Waals surface area contributed by atoms with Crippen molar-refractivity contribution in [3.63, 3.8) is 0 Å². The molecule has 2 aromatic rings. The van der Waals surface area contributed by atoms with Crippen molar-refractivity contribution in [2.45, 2.75) is 38.3 Å². The predicted molar refractivity (Wildman–Crippen MR) is 74.8 cm³/mol. The molecule has 0 aliphatic rings. The van der Waals surface area contributed by atoms with Gasteiger partial charge < -0.3 is 4.98 Å². The maximum absolute atomic E-state index is 12.1. The van der Waals surface area contributed by atoms with Gasteiger partial charge in [0.05, 0.1) is 18.4 Å². The zero-order valence-corrected chi connectivity index (χ0v) is 12.6. The number of aromatic nitrogens is 4. The van der Waals surface area contributed by atoms with Crippen LogP contribution in [-0.4, -0.2) is 34.7 Å². The Bertz CT molecular complexity index is 674. The predicted octanol–water partition coefficient (Wildman–Crippen LogP) is 1.02. The second kappa shape index (κ2) is 5.76. The summed E-state index contributed by atoms with van der Waals surface area (Å²) in [7, 11) is -3.55. The van der Waals surface area contributed by atoms with Crippen LogP contribution in [0.25, 0.3) is 0 Å². The lowest BCUT2D eigenvalue weighted by atomic mass is 10.3. The second-order valence-electron chi connectivity index (χ2n) is 4.75. The number of hydrogen-bond donors (Lipinski definition) is 2. The molecule has 2 aromatic heterocycles. The van der Waals surface area contributed by atoms with Crippen molar-refractivity contribution in [1.29, 1.82) is 0 Å². The molecule has 2 heterocycles. The van der Waals surface area contributed by atoms with Gasteiger partial charge in [0.2, 0.25) is 0 Å². The molecule has 0 fully saturated rings. The van der Waals surface area contributed by atoms with Crippen molar-refractivity contribution in [3.8, 4) is 0 Å². The van der Waals surface area contributed by atoms with E-state index < -0.39 is 10.0 Å². The Morgan fingerprint density at radius 3 is 2.75 bits per heavy atom. The van der Waals surface area contributed by atoms with Crippen molar-refractivity contribution in [1.82, 2.24) is 24.5 Å². The molecule has 8 heteroatoms. The van der Waals surface area contributed by atoms with Crippen LogP contribution in [0.2, 0.25) is 0 Å². The fraction of sp³-hybridized carbons (Fsp3) is 0.500. The van der Waals surface area contributed by atoms with Gasteiger partial charge in [0.15, 0.2) is 5.03 Å². The van der Waals surface area contributed by atoms with Crippen LogP contribution >= 0.6 is 0 Å². The first kappa shape index (κ1) is 14.7. The van der Waals surface area contributed by atoms with E-state index in [1.54, 1.807) is 10.9 Å². The molecule has 0 spiro atoms. The average molecular weight is 297 g/mol. The van der Waals surface area contributed by atoms with Crippen LogP contribution < -0.4 is 4.72 Å². The van der Waals surface area contributed by atoms with E-state index in [0.29, 0.717) is 12.2 Å². The summed E-state index contributed by atoms with van der Waals surface area (Å²) in [6.45, 7) is 6.02. The van der Waals surface area contributed by atoms with E-state index in [2.05, 4.69) is 19.8 Å². The van der Waals surface area contributed by atoms with Crippen molar-refractivity contribution in [3.05, 3.63) is 30.0 Å². The summed E-state index contributed by atoms with van der Waals surface area (Å²) in [6.07, 6.45) is 5.63. The maximum Gasteiger partial charge on any atom is 0.257 e. The highest BCUT2D eigenvalue weighted by molar-refractivity contribution is 7.89. The van der Waals surface area contributed by atoms with Crippen LogP contribution in [-0.2, 0) is 16.4 Å². The van der Waals surface area contributed by atoms with E-state index in [4.69, 9.17) is 0 Å². The van der Waals surface area contributed by atoms with E-state index >= 15 is 0 Å². The maximum atomic E-state index is 12.1. The molecular weight excluding hydrogens is 278 g/mol. The van der Waals surface area contributed by atoms with Gasteiger partial charge in [-0.15, -0.1) is 0 Å². The molecule has 0 aliphatic carbocycles. The van der Waals surface area contributed by atoms with Crippen LogP contribution in [0.15, 0.2) is 23.6 Å². The lowest BCUT2D eigenvalue weighted by molar-refractivity contribution is 0.478. The van der Waals surface area contributed by atoms with Gasteiger partial charge in [-0.05, 0) is 19.4 Å². The summed E-state index contributed by atoms with van der Waals surface area (Å²) in [4.78, 5) is 6.78. The van der Waals surface area contributed by atoms with Gasteiger partial charge in [-0.1, -0.05) is 6.92 Å². The van der Waals surface area contributed by atoms with Gasteiger partial charge in [0.25, 0.3) is 10.0 Å². The number of imidazole rings is 1. The molecule has 110 valence electrons. The summed E-state index contributed by atoms with van der Waals surface area (Å²) in [5.41, 5.74) is 1.04. The fourth-order valence-corrected chi connectivity index (χ4v) is 2.79. The van der Waals surface area contributed by atoms with E-state index in [1.165, 1.54) is 6.20 Å². The van der Waals surface area contributed by atoms with Crippen LogP contribution in [0.1, 0.15) is 31.3 Å². The Labute approximate surface area is 118 Å². The lowest BCUT2D eigenvalue weighted by Crippen LogP contribution is -2.30. The first-order valence-corrected chi connectivity index (χ1v) is 7.95. The van der Waals surface area contributed by atoms with Gasteiger partial charge >= 0.3 is 0 Å². The van der Waals surface area contributed by atoms with Crippen LogP contribution in [0.4, 0.5) is 0 Å². The SMILES string of the molecule is CCc1ncc(S(=O)(=O)NC[C@@H](C)n2cc(C)cn2)[nH]1. The third kappa shape index (κ3) is 3.26. The Morgan fingerprint density at radius 1 is 1.45 bits per heavy atom. The quantitative estimate of drug-likeness (QED) is 0.832. The number of sulfonamides is 1. The third-order valence-electron chi connectivity index (χ3n) is 2.98. The summed E-state index contributed by atoms with van der Waals surface area (Å²) in [6, 6.07) is -0.0629. The number of hydrogen-bond acceptors (Lipinski definition) is 4. The smallest absolute Gasteiger partial charge is 0.257 e. The minimum Gasteiger partial charge on any atom is -0.332 e. The Hall–Kier alpha value is -1.67. The van der Waals surface area contributed by atoms with Crippen LogP contribution in [0.3, 0.4) is 0 Å². The molecule has 1 atom stereocenters. The molecule has 0 amide bonds. The standard InChI is InChI=1S/C12H19N5O2S/c1-4-11-13-7-12(16-11)20(18,19)15-6-10(3)17-8-9(2)5-14-17/h5,7-8,10,15H,4,6H2,1-3H3,(H,13,16)/t10-/m1/s1. The van der Waals surface area contributed by atoms with Crippen molar-refractivity contribution in [2.24, 2.45) is 0 Å². The zero-order chi connectivity index (χ0) is 14.8. The molecule has 2 rings (SSSR count). The minimum absolute atomic E-state index is 0.0629. The first-order chi connectivity index (χ1) is 9.42. The topological polar surface area (TPSA) is 92.7 Å². The highest BCUT2D eigenvalue weighted by atomic mass is 32.2. The number of nitrogens with zero attached hydrogens (tertiary/aromatic N) is 3. The van der Waals surface area contributed by atoms with E-state index in [0.717, 1.165) is 5.56 Å². The summed E-state index contributed by atoms with van der Waals surface area (Å²) >= 11 is 0. The molecule has 0 unspecified atom stereocenters. The first-order valence-electron chi connectivity index (χ1n) is 6.46. The van der Waals surface area contributed by atoms with Crippen LogP contribution in [0, 0.1) is 6.92 Å². The molecule has 0 radical (unpaired) electrons. The Balaban J connectivity index is 2.02. The second-order valence-corrected chi connectivity index (χ2v) is 6.48. The van der Waals surface area contributed by atoms with Crippen molar-refractivity contribution < 1.29 is 8.42 Å². The number of nitrogens with one attached hydrogen (secondary N) is 2. The van der Waals surface area contributed by atoms with Gasteiger partial charge in [-0.3, -0.25) is 4.68 Å². The van der Waals surface area contributed by atoms with E-state index in [1.807, 2.05) is 27.0 Å². The molecule has 0 saturated heterocycles. The van der Waals surface area contributed by atoms with Crippen LogP contribution in [0.5, 0.6) is 0 Å². The van der Waals surface area contributed by atoms with E-state index in [-0.39, 0.29) is 17.6 Å².